The maximum absolute atomic E-state index is 13.6. The van der Waals surface area contributed by atoms with Gasteiger partial charge in [-0.05, 0) is 42.2 Å². The highest BCUT2D eigenvalue weighted by Crippen LogP contribution is 2.29. The van der Waals surface area contributed by atoms with Crippen LogP contribution in [0.3, 0.4) is 0 Å². The van der Waals surface area contributed by atoms with Crippen LogP contribution < -0.4 is 5.32 Å². The molecule has 2 heterocycles. The van der Waals surface area contributed by atoms with Crippen molar-refractivity contribution in [2.45, 2.75) is 32.9 Å². The summed E-state index contributed by atoms with van der Waals surface area (Å²) < 4.78 is 13.6. The molecule has 23 heavy (non-hydrogen) atoms. The van der Waals surface area contributed by atoms with Gasteiger partial charge in [0.15, 0.2) is 0 Å². The van der Waals surface area contributed by atoms with Crippen molar-refractivity contribution in [3.05, 3.63) is 53.1 Å². The number of anilines is 1. The Kier molecular flexibility index (Phi) is 4.23. The maximum atomic E-state index is 13.6. The first-order valence-corrected chi connectivity index (χ1v) is 7.62. The SMILES string of the molecule is CC(=O)N1CCC(Nc2ncc(C)cn2)c2ccc(F)cc2C1. The van der Waals surface area contributed by atoms with E-state index in [1.165, 1.54) is 19.1 Å². The number of fused-ring (bicyclic) bond motifs is 1. The lowest BCUT2D eigenvalue weighted by molar-refractivity contribution is -0.129. The fourth-order valence-electron chi connectivity index (χ4n) is 2.82. The van der Waals surface area contributed by atoms with Gasteiger partial charge in [0.25, 0.3) is 0 Å². The van der Waals surface area contributed by atoms with Crippen LogP contribution in [-0.2, 0) is 11.3 Å². The first kappa shape index (κ1) is 15.4. The van der Waals surface area contributed by atoms with E-state index in [4.69, 9.17) is 0 Å². The topological polar surface area (TPSA) is 58.1 Å². The summed E-state index contributed by atoms with van der Waals surface area (Å²) in [5, 5.41) is 3.30. The van der Waals surface area contributed by atoms with Crippen molar-refractivity contribution in [3.8, 4) is 0 Å². The third-order valence-electron chi connectivity index (χ3n) is 4.06. The molecule has 1 aliphatic rings. The second kappa shape index (κ2) is 6.32. The van der Waals surface area contributed by atoms with Gasteiger partial charge in [0.2, 0.25) is 11.9 Å². The zero-order valence-corrected chi connectivity index (χ0v) is 13.2. The molecule has 2 aromatic rings. The Bertz CT molecular complexity index is 717. The van der Waals surface area contributed by atoms with E-state index in [9.17, 15) is 9.18 Å². The summed E-state index contributed by atoms with van der Waals surface area (Å²) in [5.41, 5.74) is 2.79. The van der Waals surface area contributed by atoms with Crippen LogP contribution in [0.1, 0.15) is 36.1 Å². The average Bonchev–Trinajstić information content (AvgIpc) is 2.69. The highest BCUT2D eigenvalue weighted by atomic mass is 19.1. The minimum atomic E-state index is -0.292. The molecule has 3 rings (SSSR count). The minimum Gasteiger partial charge on any atom is -0.347 e. The lowest BCUT2D eigenvalue weighted by atomic mass is 9.99. The Morgan fingerprint density at radius 3 is 2.78 bits per heavy atom. The molecule has 1 aromatic carbocycles. The van der Waals surface area contributed by atoms with E-state index >= 15 is 0 Å². The van der Waals surface area contributed by atoms with Crippen LogP contribution in [-0.4, -0.2) is 27.3 Å². The summed E-state index contributed by atoms with van der Waals surface area (Å²) in [6.07, 6.45) is 4.22. The molecular formula is C17H19FN4O. The van der Waals surface area contributed by atoms with E-state index in [1.54, 1.807) is 23.4 Å². The number of hydrogen-bond acceptors (Lipinski definition) is 4. The number of aryl methyl sites for hydroxylation is 1. The van der Waals surface area contributed by atoms with Gasteiger partial charge in [-0.2, -0.15) is 0 Å². The zero-order valence-electron chi connectivity index (χ0n) is 13.2. The normalized spacial score (nSPS) is 17.3. The summed E-state index contributed by atoms with van der Waals surface area (Å²) in [6.45, 7) is 4.50. The van der Waals surface area contributed by atoms with Crippen molar-refractivity contribution in [1.82, 2.24) is 14.9 Å². The molecule has 0 spiro atoms. The van der Waals surface area contributed by atoms with Crippen molar-refractivity contribution in [1.29, 1.82) is 0 Å². The highest BCUT2D eigenvalue weighted by Gasteiger charge is 2.24. The fraction of sp³-hybridized carbons (Fsp3) is 0.353. The molecule has 1 atom stereocenters. The van der Waals surface area contributed by atoms with Crippen molar-refractivity contribution >= 4 is 11.9 Å². The Morgan fingerprint density at radius 1 is 1.35 bits per heavy atom. The highest BCUT2D eigenvalue weighted by molar-refractivity contribution is 5.73. The molecule has 0 saturated carbocycles. The number of nitrogens with zero attached hydrogens (tertiary/aromatic N) is 3. The molecule has 0 saturated heterocycles. The van der Waals surface area contributed by atoms with Crippen LogP contribution >= 0.6 is 0 Å². The summed E-state index contributed by atoms with van der Waals surface area (Å²) in [4.78, 5) is 22.0. The van der Waals surface area contributed by atoms with Gasteiger partial charge in [0.05, 0.1) is 6.04 Å². The third kappa shape index (κ3) is 3.47. The molecule has 120 valence electrons. The number of carbonyl (C=O) groups excluding carboxylic acids is 1. The van der Waals surface area contributed by atoms with Crippen LogP contribution in [0, 0.1) is 12.7 Å². The molecule has 1 unspecified atom stereocenters. The van der Waals surface area contributed by atoms with Gasteiger partial charge in [-0.15, -0.1) is 0 Å². The van der Waals surface area contributed by atoms with E-state index in [0.717, 1.165) is 23.1 Å². The number of aromatic nitrogens is 2. The number of halogens is 1. The smallest absolute Gasteiger partial charge is 0.223 e. The van der Waals surface area contributed by atoms with Gasteiger partial charge >= 0.3 is 0 Å². The monoisotopic (exact) mass is 314 g/mol. The van der Waals surface area contributed by atoms with Gasteiger partial charge in [0, 0.05) is 32.4 Å². The molecule has 0 aliphatic carbocycles. The summed E-state index contributed by atoms with van der Waals surface area (Å²) >= 11 is 0. The van der Waals surface area contributed by atoms with E-state index in [0.29, 0.717) is 19.0 Å². The predicted octanol–water partition coefficient (Wildman–Crippen LogP) is 2.83. The second-order valence-corrected chi connectivity index (χ2v) is 5.85. The van der Waals surface area contributed by atoms with Gasteiger partial charge in [-0.25, -0.2) is 14.4 Å². The Balaban J connectivity index is 1.91. The molecular weight excluding hydrogens is 295 g/mol. The van der Waals surface area contributed by atoms with Gasteiger partial charge in [-0.1, -0.05) is 6.07 Å². The van der Waals surface area contributed by atoms with Gasteiger partial charge < -0.3 is 10.2 Å². The Morgan fingerprint density at radius 2 is 2.09 bits per heavy atom. The summed E-state index contributed by atoms with van der Waals surface area (Å²) in [7, 11) is 0. The van der Waals surface area contributed by atoms with E-state index in [1.807, 2.05) is 6.92 Å². The number of rotatable bonds is 2. The molecule has 1 N–H and O–H groups in total. The molecule has 1 aliphatic heterocycles. The molecule has 0 fully saturated rings. The average molecular weight is 314 g/mol. The van der Waals surface area contributed by atoms with Crippen LogP contribution in [0.25, 0.3) is 0 Å². The van der Waals surface area contributed by atoms with Crippen LogP contribution in [0.5, 0.6) is 0 Å². The van der Waals surface area contributed by atoms with Crippen molar-refractivity contribution in [2.24, 2.45) is 0 Å². The largest absolute Gasteiger partial charge is 0.347 e. The molecule has 6 heteroatoms. The maximum Gasteiger partial charge on any atom is 0.223 e. The van der Waals surface area contributed by atoms with Gasteiger partial charge in [-0.3, -0.25) is 4.79 Å². The Labute approximate surface area is 134 Å². The lowest BCUT2D eigenvalue weighted by Gasteiger charge is -2.19. The third-order valence-corrected chi connectivity index (χ3v) is 4.06. The summed E-state index contributed by atoms with van der Waals surface area (Å²) in [6, 6.07) is 4.67. The second-order valence-electron chi connectivity index (χ2n) is 5.85. The molecule has 1 aromatic heterocycles. The van der Waals surface area contributed by atoms with E-state index in [-0.39, 0.29) is 17.8 Å². The first-order valence-electron chi connectivity index (χ1n) is 7.62. The van der Waals surface area contributed by atoms with Crippen LogP contribution in [0.2, 0.25) is 0 Å². The number of amides is 1. The minimum absolute atomic E-state index is 0.00699. The standard InChI is InChI=1S/C17H19FN4O/c1-11-8-19-17(20-9-11)21-16-5-6-22(12(2)23)10-13-7-14(18)3-4-15(13)16/h3-4,7-9,16H,5-6,10H2,1-2H3,(H,19,20,21). The van der Waals surface area contributed by atoms with Crippen LogP contribution in [0.4, 0.5) is 10.3 Å². The lowest BCUT2D eigenvalue weighted by Crippen LogP contribution is -2.28. The Hall–Kier alpha value is -2.50. The molecule has 0 radical (unpaired) electrons. The van der Waals surface area contributed by atoms with E-state index < -0.39 is 0 Å². The van der Waals surface area contributed by atoms with Crippen molar-refractivity contribution < 1.29 is 9.18 Å². The van der Waals surface area contributed by atoms with E-state index in [2.05, 4.69) is 15.3 Å². The quantitative estimate of drug-likeness (QED) is 0.926. The van der Waals surface area contributed by atoms with Crippen LogP contribution in [0.15, 0.2) is 30.6 Å². The molecule has 1 amide bonds. The molecule has 0 bridgehead atoms. The first-order chi connectivity index (χ1) is 11.0. The number of carbonyl (C=O) groups is 1. The zero-order chi connectivity index (χ0) is 16.4. The van der Waals surface area contributed by atoms with Crippen molar-refractivity contribution in [2.75, 3.05) is 11.9 Å². The predicted molar refractivity (Wildman–Crippen MR) is 85.2 cm³/mol. The summed E-state index contributed by atoms with van der Waals surface area (Å²) in [5.74, 6) is 0.235. The molecule has 5 nitrogen and oxygen atoms in total. The number of benzene rings is 1. The number of hydrogen-bond donors (Lipinski definition) is 1. The number of nitrogens with one attached hydrogen (secondary N) is 1. The fourth-order valence-corrected chi connectivity index (χ4v) is 2.82. The van der Waals surface area contributed by atoms with Gasteiger partial charge in [0.1, 0.15) is 5.82 Å². The van der Waals surface area contributed by atoms with Crippen molar-refractivity contribution in [3.63, 3.8) is 0 Å².